The highest BCUT2D eigenvalue weighted by molar-refractivity contribution is 7.89. The Morgan fingerprint density at radius 1 is 1.04 bits per heavy atom. The number of hydrogen-bond donors (Lipinski definition) is 2. The predicted octanol–water partition coefficient (Wildman–Crippen LogP) is 2.36. The second-order valence-electron chi connectivity index (χ2n) is 14.8. The van der Waals surface area contributed by atoms with Crippen LogP contribution in [0.1, 0.15) is 53.0 Å². The minimum absolute atomic E-state index is 0.0351. The second kappa shape index (κ2) is 14.8. The van der Waals surface area contributed by atoms with Crippen molar-refractivity contribution >= 4 is 22.0 Å². The molecule has 2 fully saturated rings. The zero-order valence-electron chi connectivity index (χ0n) is 28.8. The number of sulfonamides is 1. The van der Waals surface area contributed by atoms with Crippen LogP contribution in [-0.4, -0.2) is 98.8 Å². The lowest BCUT2D eigenvalue weighted by molar-refractivity contribution is -0.273. The fourth-order valence-corrected chi connectivity index (χ4v) is 8.28. The minimum atomic E-state index is -4.28. The van der Waals surface area contributed by atoms with Crippen LogP contribution in [0.2, 0.25) is 0 Å². The average molecular weight is 703 g/mol. The third-order valence-corrected chi connectivity index (χ3v) is 11.2. The minimum Gasteiger partial charge on any atom is -0.530 e. The molecule has 0 spiro atoms. The van der Waals surface area contributed by atoms with Gasteiger partial charge in [0.15, 0.2) is 17.8 Å². The van der Waals surface area contributed by atoms with Gasteiger partial charge >= 0.3 is 0 Å². The lowest BCUT2D eigenvalue weighted by atomic mass is 9.88. The lowest BCUT2D eigenvalue weighted by Crippen LogP contribution is -2.61. The summed E-state index contributed by atoms with van der Waals surface area (Å²) in [6.45, 7) is 9.51. The molecule has 3 aliphatic heterocycles. The Labute approximate surface area is 288 Å². The zero-order valence-corrected chi connectivity index (χ0v) is 29.6. The van der Waals surface area contributed by atoms with Crippen molar-refractivity contribution in [2.75, 3.05) is 39.6 Å². The summed E-state index contributed by atoms with van der Waals surface area (Å²) in [5.74, 6) is 0.325. The Balaban J connectivity index is 1.46. The number of nitrogens with one attached hydrogen (secondary N) is 1. The number of hydrogen-bond acceptors (Lipinski definition) is 10. The van der Waals surface area contributed by atoms with Gasteiger partial charge in [-0.1, -0.05) is 65.0 Å². The van der Waals surface area contributed by atoms with Gasteiger partial charge in [-0.2, -0.15) is 4.31 Å². The first-order valence-corrected chi connectivity index (χ1v) is 18.1. The lowest BCUT2D eigenvalue weighted by Gasteiger charge is -2.43. The molecule has 270 valence electrons. The van der Waals surface area contributed by atoms with Crippen LogP contribution in [0.15, 0.2) is 53.4 Å². The number of carbonyl (C=O) groups excluding carboxylic acids is 2. The standard InChI is InChI=1S/C35H49N3O10S/c1-34(2,3)32(40)36-15-14-35(4,5)21-37(49(43,44)24-11-12-29-30(18-24)48-22-47-29)19-28(39)26(17-23-9-7-6-8-10-23)38(33(41)42)27-20-46-31-25(27)13-16-45-31/h6-12,18,25-28,31,39H,13-17,19-22H2,1-5H3,(H,36,40)(H,41,42)/p-1/t25-,26-,27-,28+,31+/m0/s1. The first kappa shape index (κ1) is 36.8. The molecule has 5 atom stereocenters. The molecule has 5 rings (SSSR count). The van der Waals surface area contributed by atoms with E-state index in [4.69, 9.17) is 18.9 Å². The molecule has 14 heteroatoms. The van der Waals surface area contributed by atoms with Crippen molar-refractivity contribution < 1.29 is 47.2 Å². The SMILES string of the molecule is CC(C)(CCNC(=O)C(C)(C)C)CN(C[C@@H](O)[C@H](Cc1ccccc1)N(C(=O)[O-])[C@H]1CO[C@H]2OCC[C@H]21)S(=O)(=O)c1ccc2c(c1)OCO2. The Morgan fingerprint density at radius 2 is 1.76 bits per heavy atom. The molecule has 2 N–H and O–H groups in total. The van der Waals surface area contributed by atoms with Crippen molar-refractivity contribution in [3.8, 4) is 11.5 Å². The first-order chi connectivity index (χ1) is 23.1. The predicted molar refractivity (Wildman–Crippen MR) is 177 cm³/mol. The largest absolute Gasteiger partial charge is 0.530 e. The number of carboxylic acid groups (broad SMARTS) is 1. The van der Waals surface area contributed by atoms with E-state index in [0.29, 0.717) is 31.7 Å². The molecule has 0 aromatic heterocycles. The normalized spacial score (nSPS) is 21.7. The number of rotatable bonds is 14. The topological polar surface area (TPSA) is 167 Å². The number of fused-ring (bicyclic) bond motifs is 2. The summed E-state index contributed by atoms with van der Waals surface area (Å²) in [6.07, 6.45) is -2.40. The third-order valence-electron chi connectivity index (χ3n) is 9.41. The molecule has 2 saturated heterocycles. The van der Waals surface area contributed by atoms with Crippen LogP contribution >= 0.6 is 0 Å². The van der Waals surface area contributed by atoms with E-state index in [9.17, 15) is 28.2 Å². The van der Waals surface area contributed by atoms with E-state index in [0.717, 1.165) is 10.5 Å². The Morgan fingerprint density at radius 3 is 2.45 bits per heavy atom. The average Bonchev–Trinajstić information content (AvgIpc) is 3.78. The fraction of sp³-hybridized carbons (Fsp3) is 0.600. The molecule has 2 aromatic rings. The third kappa shape index (κ3) is 8.66. The number of benzene rings is 2. The number of amides is 2. The Hall–Kier alpha value is -3.43. The van der Waals surface area contributed by atoms with Crippen molar-refractivity contribution in [1.29, 1.82) is 0 Å². The number of nitrogens with zero attached hydrogens (tertiary/aromatic N) is 2. The van der Waals surface area contributed by atoms with E-state index in [-0.39, 0.29) is 48.8 Å². The second-order valence-corrected chi connectivity index (χ2v) is 16.8. The summed E-state index contributed by atoms with van der Waals surface area (Å²) in [6, 6.07) is 11.7. The highest BCUT2D eigenvalue weighted by atomic mass is 32.2. The van der Waals surface area contributed by atoms with Crippen molar-refractivity contribution in [1.82, 2.24) is 14.5 Å². The van der Waals surface area contributed by atoms with Crippen LogP contribution in [0.5, 0.6) is 11.5 Å². The molecule has 0 aliphatic carbocycles. The van der Waals surface area contributed by atoms with Crippen molar-refractivity contribution in [3.63, 3.8) is 0 Å². The van der Waals surface area contributed by atoms with Crippen LogP contribution in [0, 0.1) is 16.7 Å². The van der Waals surface area contributed by atoms with Crippen molar-refractivity contribution in [2.45, 2.75) is 83.3 Å². The highest BCUT2D eigenvalue weighted by Crippen LogP contribution is 2.38. The molecule has 0 unspecified atom stereocenters. The maximum atomic E-state index is 14.4. The summed E-state index contributed by atoms with van der Waals surface area (Å²) >= 11 is 0. The number of aliphatic hydroxyl groups excluding tert-OH is 1. The molecule has 2 amide bonds. The van der Waals surface area contributed by atoms with Gasteiger partial charge in [0.25, 0.3) is 0 Å². The molecule has 13 nitrogen and oxygen atoms in total. The van der Waals surface area contributed by atoms with Gasteiger partial charge in [0.2, 0.25) is 22.7 Å². The molecule has 0 radical (unpaired) electrons. The van der Waals surface area contributed by atoms with E-state index in [2.05, 4.69) is 5.32 Å². The van der Waals surface area contributed by atoms with Gasteiger partial charge in [-0.25, -0.2) is 8.42 Å². The summed E-state index contributed by atoms with van der Waals surface area (Å²) in [5, 5.41) is 27.9. The fourth-order valence-electron chi connectivity index (χ4n) is 6.62. The molecule has 0 saturated carbocycles. The zero-order chi connectivity index (χ0) is 35.6. The van der Waals surface area contributed by atoms with E-state index in [1.54, 1.807) is 0 Å². The van der Waals surface area contributed by atoms with Gasteiger partial charge in [0, 0.05) is 37.0 Å². The highest BCUT2D eigenvalue weighted by Gasteiger charge is 2.47. The Bertz CT molecular complexity index is 1580. The Kier molecular flexibility index (Phi) is 11.1. The molecule has 2 aromatic carbocycles. The molecule has 3 aliphatic rings. The summed E-state index contributed by atoms with van der Waals surface area (Å²) in [5.41, 5.74) is -0.502. The molecule has 49 heavy (non-hydrogen) atoms. The maximum Gasteiger partial charge on any atom is 0.243 e. The molecule has 3 heterocycles. The molecule has 0 bridgehead atoms. The maximum absolute atomic E-state index is 14.4. The van der Waals surface area contributed by atoms with Crippen LogP contribution in [0.25, 0.3) is 0 Å². The van der Waals surface area contributed by atoms with Crippen molar-refractivity contribution in [3.05, 3.63) is 54.1 Å². The van der Waals surface area contributed by atoms with E-state index >= 15 is 0 Å². The van der Waals surface area contributed by atoms with Crippen LogP contribution < -0.4 is 19.9 Å². The number of ether oxygens (including phenoxy) is 4. The van der Waals surface area contributed by atoms with Gasteiger partial charge in [0.05, 0.1) is 36.3 Å². The van der Waals surface area contributed by atoms with Crippen LogP contribution in [-0.2, 0) is 30.7 Å². The summed E-state index contributed by atoms with van der Waals surface area (Å²) < 4.78 is 52.3. The smallest absolute Gasteiger partial charge is 0.243 e. The summed E-state index contributed by atoms with van der Waals surface area (Å²) in [4.78, 5) is 26.5. The number of aliphatic hydroxyl groups is 1. The summed E-state index contributed by atoms with van der Waals surface area (Å²) in [7, 11) is -4.28. The van der Waals surface area contributed by atoms with Gasteiger partial charge in [-0.05, 0) is 42.4 Å². The van der Waals surface area contributed by atoms with Gasteiger partial charge < -0.3 is 44.2 Å². The van der Waals surface area contributed by atoms with Crippen molar-refractivity contribution in [2.24, 2.45) is 16.7 Å². The van der Waals surface area contributed by atoms with Gasteiger partial charge in [-0.3, -0.25) is 4.79 Å². The first-order valence-electron chi connectivity index (χ1n) is 16.7. The van der Waals surface area contributed by atoms with Gasteiger partial charge in [-0.15, -0.1) is 0 Å². The monoisotopic (exact) mass is 702 g/mol. The molecular weight excluding hydrogens is 654 g/mol. The van der Waals surface area contributed by atoms with E-state index < -0.39 is 58.0 Å². The van der Waals surface area contributed by atoms with Crippen LogP contribution in [0.4, 0.5) is 4.79 Å². The van der Waals surface area contributed by atoms with Crippen LogP contribution in [0.3, 0.4) is 0 Å². The quantitative estimate of drug-likeness (QED) is 0.298. The number of carbonyl (C=O) groups is 2. The van der Waals surface area contributed by atoms with Gasteiger partial charge in [0.1, 0.15) is 6.09 Å². The van der Waals surface area contributed by atoms with E-state index in [1.165, 1.54) is 22.5 Å². The van der Waals surface area contributed by atoms with E-state index in [1.807, 2.05) is 65.0 Å². The molecular formula is C35H48N3O10S-.